The van der Waals surface area contributed by atoms with E-state index >= 15 is 0 Å². The SMILES string of the molecule is CCOC(=O)C(C(=O)OCC)c1cc(-c2cccc(Cl)c2)ccc1C. The van der Waals surface area contributed by atoms with E-state index in [1.807, 2.05) is 43.3 Å². The second-order valence-electron chi connectivity index (χ2n) is 5.52. The van der Waals surface area contributed by atoms with E-state index in [-0.39, 0.29) is 13.2 Å². The molecule has 2 aromatic carbocycles. The number of hydrogen-bond donors (Lipinski definition) is 0. The first-order chi connectivity index (χ1) is 12.0. The Morgan fingerprint density at radius 1 is 0.960 bits per heavy atom. The Hall–Kier alpha value is -2.33. The minimum Gasteiger partial charge on any atom is -0.465 e. The molecule has 0 saturated heterocycles. The number of halogens is 1. The van der Waals surface area contributed by atoms with Gasteiger partial charge in [-0.15, -0.1) is 0 Å². The molecule has 0 aliphatic heterocycles. The van der Waals surface area contributed by atoms with Crippen LogP contribution in [0.2, 0.25) is 5.02 Å². The predicted molar refractivity (Wildman–Crippen MR) is 97.6 cm³/mol. The van der Waals surface area contributed by atoms with Gasteiger partial charge in [-0.25, -0.2) is 0 Å². The number of benzene rings is 2. The first-order valence-corrected chi connectivity index (χ1v) is 8.55. The Labute approximate surface area is 152 Å². The fourth-order valence-electron chi connectivity index (χ4n) is 2.60. The van der Waals surface area contributed by atoms with Crippen LogP contribution in [0.3, 0.4) is 0 Å². The standard InChI is InChI=1S/C20H21ClO4/c1-4-24-19(22)18(20(23)25-5-2)17-12-15(10-9-13(17)3)14-7-6-8-16(21)11-14/h6-12,18H,4-5H2,1-3H3. The fourth-order valence-corrected chi connectivity index (χ4v) is 2.79. The molecule has 2 aromatic rings. The van der Waals surface area contributed by atoms with Crippen molar-refractivity contribution >= 4 is 23.5 Å². The average molecular weight is 361 g/mol. The van der Waals surface area contributed by atoms with Crippen LogP contribution < -0.4 is 0 Å². The molecule has 132 valence electrons. The van der Waals surface area contributed by atoms with Crippen LogP contribution in [0.15, 0.2) is 42.5 Å². The summed E-state index contributed by atoms with van der Waals surface area (Å²) in [5.41, 5.74) is 3.16. The van der Waals surface area contributed by atoms with Gasteiger partial charge >= 0.3 is 11.9 Å². The normalized spacial score (nSPS) is 10.6. The van der Waals surface area contributed by atoms with Crippen molar-refractivity contribution in [3.8, 4) is 11.1 Å². The number of carbonyl (C=O) groups is 2. The van der Waals surface area contributed by atoms with Gasteiger partial charge < -0.3 is 9.47 Å². The van der Waals surface area contributed by atoms with E-state index in [4.69, 9.17) is 21.1 Å². The predicted octanol–water partition coefficient (Wildman–Crippen LogP) is 4.53. The van der Waals surface area contributed by atoms with Crippen molar-refractivity contribution in [1.82, 2.24) is 0 Å². The van der Waals surface area contributed by atoms with E-state index in [0.29, 0.717) is 10.6 Å². The number of aryl methyl sites for hydroxylation is 1. The van der Waals surface area contributed by atoms with Gasteiger partial charge in [0.25, 0.3) is 0 Å². The van der Waals surface area contributed by atoms with Gasteiger partial charge in [-0.3, -0.25) is 9.59 Å². The maximum absolute atomic E-state index is 12.4. The van der Waals surface area contributed by atoms with Crippen molar-refractivity contribution in [2.24, 2.45) is 0 Å². The van der Waals surface area contributed by atoms with E-state index < -0.39 is 17.9 Å². The van der Waals surface area contributed by atoms with Crippen molar-refractivity contribution in [2.45, 2.75) is 26.7 Å². The molecule has 0 bridgehead atoms. The quantitative estimate of drug-likeness (QED) is 0.561. The lowest BCUT2D eigenvalue weighted by atomic mass is 9.91. The summed E-state index contributed by atoms with van der Waals surface area (Å²) >= 11 is 6.06. The maximum Gasteiger partial charge on any atom is 0.324 e. The second kappa shape index (κ2) is 8.67. The van der Waals surface area contributed by atoms with Crippen LogP contribution in [0.5, 0.6) is 0 Å². The van der Waals surface area contributed by atoms with Crippen LogP contribution in [0.25, 0.3) is 11.1 Å². The molecular weight excluding hydrogens is 340 g/mol. The largest absolute Gasteiger partial charge is 0.465 e. The number of ether oxygens (including phenoxy) is 2. The molecule has 4 nitrogen and oxygen atoms in total. The molecular formula is C20H21ClO4. The molecule has 0 radical (unpaired) electrons. The van der Waals surface area contributed by atoms with Crippen LogP contribution in [0.4, 0.5) is 0 Å². The third-order valence-corrected chi connectivity index (χ3v) is 4.03. The number of hydrogen-bond acceptors (Lipinski definition) is 4. The highest BCUT2D eigenvalue weighted by Crippen LogP contribution is 2.30. The molecule has 0 N–H and O–H groups in total. The minimum atomic E-state index is -1.10. The van der Waals surface area contributed by atoms with E-state index in [1.54, 1.807) is 19.9 Å². The lowest BCUT2D eigenvalue weighted by Crippen LogP contribution is -2.27. The fraction of sp³-hybridized carbons (Fsp3) is 0.300. The Morgan fingerprint density at radius 3 is 2.12 bits per heavy atom. The zero-order chi connectivity index (χ0) is 18.4. The molecule has 0 fully saturated rings. The highest BCUT2D eigenvalue weighted by molar-refractivity contribution is 6.30. The highest BCUT2D eigenvalue weighted by Gasteiger charge is 2.32. The van der Waals surface area contributed by atoms with Crippen molar-refractivity contribution < 1.29 is 19.1 Å². The summed E-state index contributed by atoms with van der Waals surface area (Å²) in [5.74, 6) is -2.31. The molecule has 0 aliphatic rings. The lowest BCUT2D eigenvalue weighted by molar-refractivity contribution is -0.156. The zero-order valence-corrected chi connectivity index (χ0v) is 15.3. The topological polar surface area (TPSA) is 52.6 Å². The van der Waals surface area contributed by atoms with Gasteiger partial charge in [-0.1, -0.05) is 35.9 Å². The average Bonchev–Trinajstić information content (AvgIpc) is 2.57. The summed E-state index contributed by atoms with van der Waals surface area (Å²) in [6.07, 6.45) is 0. The number of esters is 2. The van der Waals surface area contributed by atoms with Crippen LogP contribution in [-0.2, 0) is 19.1 Å². The summed E-state index contributed by atoms with van der Waals surface area (Å²) < 4.78 is 10.2. The molecule has 0 aliphatic carbocycles. The van der Waals surface area contributed by atoms with Crippen molar-refractivity contribution in [2.75, 3.05) is 13.2 Å². The van der Waals surface area contributed by atoms with Crippen LogP contribution >= 0.6 is 11.6 Å². The zero-order valence-electron chi connectivity index (χ0n) is 14.5. The molecule has 2 rings (SSSR count). The van der Waals surface area contributed by atoms with Gasteiger partial charge in [0.15, 0.2) is 5.92 Å². The maximum atomic E-state index is 12.4. The summed E-state index contributed by atoms with van der Waals surface area (Å²) in [7, 11) is 0. The van der Waals surface area contributed by atoms with Gasteiger partial charge in [0.1, 0.15) is 0 Å². The van der Waals surface area contributed by atoms with Crippen molar-refractivity contribution in [3.63, 3.8) is 0 Å². The Balaban J connectivity index is 2.51. The summed E-state index contributed by atoms with van der Waals surface area (Å²) in [6.45, 7) is 5.65. The Kier molecular flexibility index (Phi) is 6.59. The van der Waals surface area contributed by atoms with E-state index in [0.717, 1.165) is 16.7 Å². The summed E-state index contributed by atoms with van der Waals surface area (Å²) in [6, 6.07) is 13.0. The van der Waals surface area contributed by atoms with Gasteiger partial charge in [-0.05, 0) is 61.2 Å². The molecule has 0 unspecified atom stereocenters. The third-order valence-electron chi connectivity index (χ3n) is 3.79. The second-order valence-corrected chi connectivity index (χ2v) is 5.96. The number of carbonyl (C=O) groups excluding carboxylic acids is 2. The molecule has 0 aromatic heterocycles. The van der Waals surface area contributed by atoms with Crippen LogP contribution in [0.1, 0.15) is 30.9 Å². The van der Waals surface area contributed by atoms with Gasteiger partial charge in [-0.2, -0.15) is 0 Å². The van der Waals surface area contributed by atoms with E-state index in [1.165, 1.54) is 0 Å². The van der Waals surface area contributed by atoms with Gasteiger partial charge in [0.05, 0.1) is 13.2 Å². The van der Waals surface area contributed by atoms with E-state index in [2.05, 4.69) is 0 Å². The summed E-state index contributed by atoms with van der Waals surface area (Å²) in [4.78, 5) is 24.7. The highest BCUT2D eigenvalue weighted by atomic mass is 35.5. The first-order valence-electron chi connectivity index (χ1n) is 8.17. The van der Waals surface area contributed by atoms with Crippen LogP contribution in [-0.4, -0.2) is 25.2 Å². The monoisotopic (exact) mass is 360 g/mol. The third kappa shape index (κ3) is 4.60. The molecule has 0 atom stereocenters. The first kappa shape index (κ1) is 19.0. The smallest absolute Gasteiger partial charge is 0.324 e. The van der Waals surface area contributed by atoms with Crippen molar-refractivity contribution in [3.05, 3.63) is 58.6 Å². The molecule has 25 heavy (non-hydrogen) atoms. The lowest BCUT2D eigenvalue weighted by Gasteiger charge is -2.18. The van der Waals surface area contributed by atoms with Gasteiger partial charge in [0.2, 0.25) is 0 Å². The van der Waals surface area contributed by atoms with Gasteiger partial charge in [0, 0.05) is 5.02 Å². The molecule has 0 saturated carbocycles. The Bertz CT molecular complexity index is 752. The number of rotatable bonds is 6. The van der Waals surface area contributed by atoms with Crippen LogP contribution in [0, 0.1) is 6.92 Å². The molecule has 5 heteroatoms. The minimum absolute atomic E-state index is 0.196. The van der Waals surface area contributed by atoms with E-state index in [9.17, 15) is 9.59 Å². The molecule has 0 spiro atoms. The molecule has 0 heterocycles. The molecule has 0 amide bonds. The van der Waals surface area contributed by atoms with Crippen molar-refractivity contribution in [1.29, 1.82) is 0 Å². The Morgan fingerprint density at radius 2 is 1.56 bits per heavy atom. The summed E-state index contributed by atoms with van der Waals surface area (Å²) in [5, 5.41) is 0.618.